The molecule has 1 amide bonds. The van der Waals surface area contributed by atoms with Crippen LogP contribution in [0.5, 0.6) is 0 Å². The zero-order valence-corrected chi connectivity index (χ0v) is 13.1. The molecule has 1 aliphatic heterocycles. The summed E-state index contributed by atoms with van der Waals surface area (Å²) >= 11 is 6.00. The molecule has 4 nitrogen and oxygen atoms in total. The molecule has 112 valence electrons. The molecule has 0 saturated carbocycles. The molecule has 1 aromatic carbocycles. The zero-order valence-electron chi connectivity index (χ0n) is 11.5. The van der Waals surface area contributed by atoms with Crippen LogP contribution < -0.4 is 11.1 Å². The quantitative estimate of drug-likeness (QED) is 0.896. The molecular formula is C14H21Cl2N3O. The highest BCUT2D eigenvalue weighted by molar-refractivity contribution is 6.33. The second kappa shape index (κ2) is 7.84. The maximum Gasteiger partial charge on any atom is 0.238 e. The fourth-order valence-electron chi connectivity index (χ4n) is 2.39. The first-order valence-electron chi connectivity index (χ1n) is 6.58. The summed E-state index contributed by atoms with van der Waals surface area (Å²) in [6, 6.07) is 7.44. The second-order valence-corrected chi connectivity index (χ2v) is 5.58. The highest BCUT2D eigenvalue weighted by atomic mass is 35.5. The number of carbonyl (C=O) groups is 1. The minimum absolute atomic E-state index is 0. The van der Waals surface area contributed by atoms with Gasteiger partial charge in [-0.3, -0.25) is 9.69 Å². The minimum Gasteiger partial charge on any atom is -0.328 e. The Balaban J connectivity index is 0.00000200. The van der Waals surface area contributed by atoms with E-state index in [0.29, 0.717) is 23.2 Å². The van der Waals surface area contributed by atoms with Crippen LogP contribution in [0.3, 0.4) is 0 Å². The lowest BCUT2D eigenvalue weighted by Gasteiger charge is -2.17. The van der Waals surface area contributed by atoms with Crippen molar-refractivity contribution >= 4 is 35.6 Å². The van der Waals surface area contributed by atoms with Crippen molar-refractivity contribution < 1.29 is 4.79 Å². The Hall–Kier alpha value is -0.810. The van der Waals surface area contributed by atoms with E-state index in [2.05, 4.69) is 10.2 Å². The third kappa shape index (κ3) is 4.63. The van der Waals surface area contributed by atoms with Gasteiger partial charge in [0.1, 0.15) is 0 Å². The third-order valence-corrected chi connectivity index (χ3v) is 3.90. The SMILES string of the molecule is CC(N)C1CCN(CC(=O)Nc2ccccc2Cl)C1.Cl. The van der Waals surface area contributed by atoms with Crippen molar-refractivity contribution in [3.05, 3.63) is 29.3 Å². The van der Waals surface area contributed by atoms with Gasteiger partial charge in [-0.05, 0) is 37.9 Å². The van der Waals surface area contributed by atoms with Crippen LogP contribution in [0, 0.1) is 5.92 Å². The summed E-state index contributed by atoms with van der Waals surface area (Å²) in [5.41, 5.74) is 6.55. The molecule has 0 radical (unpaired) electrons. The van der Waals surface area contributed by atoms with Crippen molar-refractivity contribution in [1.82, 2.24) is 4.90 Å². The number of hydrogen-bond donors (Lipinski definition) is 2. The van der Waals surface area contributed by atoms with Crippen LogP contribution in [-0.2, 0) is 4.79 Å². The van der Waals surface area contributed by atoms with Crippen LogP contribution in [0.1, 0.15) is 13.3 Å². The van der Waals surface area contributed by atoms with Gasteiger partial charge < -0.3 is 11.1 Å². The van der Waals surface area contributed by atoms with E-state index >= 15 is 0 Å². The maximum absolute atomic E-state index is 12.0. The molecule has 0 aromatic heterocycles. The molecule has 2 atom stereocenters. The Bertz CT molecular complexity index is 454. The normalized spacial score (nSPS) is 20.2. The maximum atomic E-state index is 12.0. The van der Waals surface area contributed by atoms with Crippen LogP contribution in [0.15, 0.2) is 24.3 Å². The van der Waals surface area contributed by atoms with Crippen molar-refractivity contribution in [2.45, 2.75) is 19.4 Å². The third-order valence-electron chi connectivity index (χ3n) is 3.57. The van der Waals surface area contributed by atoms with Crippen LogP contribution in [0.2, 0.25) is 5.02 Å². The fourth-order valence-corrected chi connectivity index (χ4v) is 2.57. The number of hydrogen-bond acceptors (Lipinski definition) is 3. The molecule has 1 fully saturated rings. The van der Waals surface area contributed by atoms with Gasteiger partial charge in [0.15, 0.2) is 0 Å². The smallest absolute Gasteiger partial charge is 0.238 e. The average Bonchev–Trinajstić information content (AvgIpc) is 2.80. The Labute approximate surface area is 131 Å². The molecule has 2 unspecified atom stereocenters. The van der Waals surface area contributed by atoms with Gasteiger partial charge in [0, 0.05) is 12.6 Å². The largest absolute Gasteiger partial charge is 0.328 e. The monoisotopic (exact) mass is 317 g/mol. The Kier molecular flexibility index (Phi) is 6.76. The number of nitrogens with zero attached hydrogens (tertiary/aromatic N) is 1. The summed E-state index contributed by atoms with van der Waals surface area (Å²) in [4.78, 5) is 14.1. The van der Waals surface area contributed by atoms with Gasteiger partial charge in [-0.25, -0.2) is 0 Å². The topological polar surface area (TPSA) is 58.4 Å². The van der Waals surface area contributed by atoms with E-state index in [-0.39, 0.29) is 24.4 Å². The number of benzene rings is 1. The molecule has 20 heavy (non-hydrogen) atoms. The molecule has 1 aliphatic rings. The predicted molar refractivity (Wildman–Crippen MR) is 85.5 cm³/mol. The van der Waals surface area contributed by atoms with Crippen LogP contribution in [0.4, 0.5) is 5.69 Å². The lowest BCUT2D eigenvalue weighted by atomic mass is 10.0. The summed E-state index contributed by atoms with van der Waals surface area (Å²) in [5, 5.41) is 3.40. The van der Waals surface area contributed by atoms with Gasteiger partial charge in [0.05, 0.1) is 17.3 Å². The Morgan fingerprint density at radius 2 is 2.25 bits per heavy atom. The van der Waals surface area contributed by atoms with Gasteiger partial charge in [-0.15, -0.1) is 12.4 Å². The molecular weight excluding hydrogens is 297 g/mol. The molecule has 2 rings (SSSR count). The van der Waals surface area contributed by atoms with Gasteiger partial charge in [0.25, 0.3) is 0 Å². The van der Waals surface area contributed by atoms with Gasteiger partial charge in [-0.1, -0.05) is 23.7 Å². The predicted octanol–water partition coefficient (Wildman–Crippen LogP) is 2.37. The summed E-state index contributed by atoms with van der Waals surface area (Å²) in [6.45, 7) is 4.25. The molecule has 1 saturated heterocycles. The number of para-hydroxylation sites is 1. The van der Waals surface area contributed by atoms with E-state index in [9.17, 15) is 4.79 Å². The standard InChI is InChI=1S/C14H20ClN3O.ClH/c1-10(16)11-6-7-18(8-11)9-14(19)17-13-5-3-2-4-12(13)15;/h2-5,10-11H,6-9,16H2,1H3,(H,17,19);1H. The molecule has 0 aliphatic carbocycles. The molecule has 6 heteroatoms. The van der Waals surface area contributed by atoms with E-state index in [1.54, 1.807) is 12.1 Å². The van der Waals surface area contributed by atoms with Gasteiger partial charge >= 0.3 is 0 Å². The van der Waals surface area contributed by atoms with Gasteiger partial charge in [-0.2, -0.15) is 0 Å². The summed E-state index contributed by atoms with van der Waals surface area (Å²) < 4.78 is 0. The fraction of sp³-hybridized carbons (Fsp3) is 0.500. The number of carbonyl (C=O) groups excluding carboxylic acids is 1. The van der Waals surface area contributed by atoms with E-state index in [1.165, 1.54) is 0 Å². The number of rotatable bonds is 4. The first-order chi connectivity index (χ1) is 9.06. The molecule has 1 heterocycles. The van der Waals surface area contributed by atoms with Crippen LogP contribution >= 0.6 is 24.0 Å². The zero-order chi connectivity index (χ0) is 13.8. The second-order valence-electron chi connectivity index (χ2n) is 5.17. The molecule has 0 spiro atoms. The number of likely N-dealkylation sites (tertiary alicyclic amines) is 1. The lowest BCUT2D eigenvalue weighted by molar-refractivity contribution is -0.117. The van der Waals surface area contributed by atoms with Crippen LogP contribution in [0.25, 0.3) is 0 Å². The minimum atomic E-state index is -0.0292. The average molecular weight is 318 g/mol. The van der Waals surface area contributed by atoms with E-state index < -0.39 is 0 Å². The van der Waals surface area contributed by atoms with Crippen molar-refractivity contribution in [2.75, 3.05) is 25.0 Å². The molecule has 1 aromatic rings. The summed E-state index contributed by atoms with van der Waals surface area (Å²) in [6.07, 6.45) is 1.07. The van der Waals surface area contributed by atoms with Crippen molar-refractivity contribution in [3.8, 4) is 0 Å². The highest BCUT2D eigenvalue weighted by Gasteiger charge is 2.26. The van der Waals surface area contributed by atoms with Crippen molar-refractivity contribution in [1.29, 1.82) is 0 Å². The van der Waals surface area contributed by atoms with E-state index in [4.69, 9.17) is 17.3 Å². The number of nitrogens with one attached hydrogen (secondary N) is 1. The number of halogens is 2. The Morgan fingerprint density at radius 1 is 1.55 bits per heavy atom. The van der Waals surface area contributed by atoms with Crippen molar-refractivity contribution in [2.24, 2.45) is 11.7 Å². The number of amides is 1. The highest BCUT2D eigenvalue weighted by Crippen LogP contribution is 2.21. The Morgan fingerprint density at radius 3 is 2.85 bits per heavy atom. The van der Waals surface area contributed by atoms with Crippen LogP contribution in [-0.4, -0.2) is 36.5 Å². The first-order valence-corrected chi connectivity index (χ1v) is 6.96. The first kappa shape index (κ1) is 17.2. The van der Waals surface area contributed by atoms with Gasteiger partial charge in [0.2, 0.25) is 5.91 Å². The number of nitrogens with two attached hydrogens (primary N) is 1. The van der Waals surface area contributed by atoms with Crippen molar-refractivity contribution in [3.63, 3.8) is 0 Å². The molecule has 0 bridgehead atoms. The lowest BCUT2D eigenvalue weighted by Crippen LogP contribution is -2.34. The number of anilines is 1. The summed E-state index contributed by atoms with van der Waals surface area (Å²) in [5.74, 6) is 0.464. The van der Waals surface area contributed by atoms with E-state index in [1.807, 2.05) is 19.1 Å². The van der Waals surface area contributed by atoms with E-state index in [0.717, 1.165) is 19.5 Å². The molecule has 3 N–H and O–H groups in total. The summed E-state index contributed by atoms with van der Waals surface area (Å²) in [7, 11) is 0.